The minimum atomic E-state index is -3.33. The van der Waals surface area contributed by atoms with Crippen LogP contribution in [0.3, 0.4) is 0 Å². The third-order valence-corrected chi connectivity index (χ3v) is 3.39. The maximum absolute atomic E-state index is 11.2. The Morgan fingerprint density at radius 2 is 1.80 bits per heavy atom. The Morgan fingerprint density at radius 1 is 1.27 bits per heavy atom. The van der Waals surface area contributed by atoms with Gasteiger partial charge in [0.25, 0.3) is 10.0 Å². The van der Waals surface area contributed by atoms with Crippen molar-refractivity contribution in [3.8, 4) is 0 Å². The lowest BCUT2D eigenvalue weighted by atomic mass is 9.98. The summed E-state index contributed by atoms with van der Waals surface area (Å²) >= 11 is 0. The van der Waals surface area contributed by atoms with Gasteiger partial charge >= 0.3 is 0 Å². The van der Waals surface area contributed by atoms with Crippen molar-refractivity contribution >= 4 is 15.9 Å². The van der Waals surface area contributed by atoms with Crippen molar-refractivity contribution in [2.24, 2.45) is 4.40 Å². The smallest absolute Gasteiger partial charge is 0.251 e. The van der Waals surface area contributed by atoms with Gasteiger partial charge in [-0.2, -0.15) is 0 Å². The van der Waals surface area contributed by atoms with Gasteiger partial charge in [0.1, 0.15) is 5.84 Å². The standard InChI is InChI=1S/C9H19N3O2S/c1-9(2)8(10-15(5,13)14)11(3)6-7-12(9)4/h6-7H2,1-5H3. The summed E-state index contributed by atoms with van der Waals surface area (Å²) in [5, 5.41) is 0. The molecule has 0 atom stereocenters. The first kappa shape index (κ1) is 12.4. The fourth-order valence-electron chi connectivity index (χ4n) is 1.66. The molecule has 0 amide bonds. The summed E-state index contributed by atoms with van der Waals surface area (Å²) in [6.45, 7) is 5.67. The molecule has 0 unspecified atom stereocenters. The van der Waals surface area contributed by atoms with E-state index in [9.17, 15) is 8.42 Å². The van der Waals surface area contributed by atoms with Crippen LogP contribution in [0.15, 0.2) is 4.40 Å². The average Bonchev–Trinajstić information content (AvgIpc) is 2.05. The van der Waals surface area contributed by atoms with Crippen molar-refractivity contribution in [1.82, 2.24) is 9.80 Å². The molecule has 1 aliphatic heterocycles. The van der Waals surface area contributed by atoms with Crippen molar-refractivity contribution in [3.05, 3.63) is 0 Å². The number of likely N-dealkylation sites (N-methyl/N-ethyl adjacent to an activating group) is 2. The minimum Gasteiger partial charge on any atom is -0.360 e. The van der Waals surface area contributed by atoms with E-state index >= 15 is 0 Å². The van der Waals surface area contributed by atoms with Gasteiger partial charge in [0.05, 0.1) is 11.8 Å². The van der Waals surface area contributed by atoms with Crippen molar-refractivity contribution < 1.29 is 8.42 Å². The third-order valence-electron chi connectivity index (χ3n) is 2.89. The fourth-order valence-corrected chi connectivity index (χ4v) is 2.34. The minimum absolute atomic E-state index is 0.337. The second kappa shape index (κ2) is 3.75. The molecule has 1 fully saturated rings. The predicted molar refractivity (Wildman–Crippen MR) is 61.6 cm³/mol. The van der Waals surface area contributed by atoms with Gasteiger partial charge in [-0.25, -0.2) is 8.42 Å². The average molecular weight is 233 g/mol. The summed E-state index contributed by atoms with van der Waals surface area (Å²) < 4.78 is 26.2. The van der Waals surface area contributed by atoms with Gasteiger partial charge in [-0.15, -0.1) is 4.40 Å². The summed E-state index contributed by atoms with van der Waals surface area (Å²) in [4.78, 5) is 4.01. The van der Waals surface area contributed by atoms with Gasteiger partial charge in [0, 0.05) is 20.1 Å². The van der Waals surface area contributed by atoms with Crippen molar-refractivity contribution in [3.63, 3.8) is 0 Å². The van der Waals surface area contributed by atoms with E-state index in [0.717, 1.165) is 19.3 Å². The third kappa shape index (κ3) is 2.69. The van der Waals surface area contributed by atoms with Crippen LogP contribution in [0.5, 0.6) is 0 Å². The first-order valence-corrected chi connectivity index (χ1v) is 6.72. The van der Waals surface area contributed by atoms with Crippen molar-refractivity contribution in [1.29, 1.82) is 0 Å². The Balaban J connectivity index is 3.17. The number of sulfonamides is 1. The molecule has 5 nitrogen and oxygen atoms in total. The van der Waals surface area contributed by atoms with E-state index in [-0.39, 0.29) is 5.54 Å². The molecule has 88 valence electrons. The molecule has 0 aliphatic carbocycles. The van der Waals surface area contributed by atoms with Crippen molar-refractivity contribution in [2.75, 3.05) is 33.4 Å². The van der Waals surface area contributed by atoms with Crippen molar-refractivity contribution in [2.45, 2.75) is 19.4 Å². The first-order valence-electron chi connectivity index (χ1n) is 4.87. The van der Waals surface area contributed by atoms with Gasteiger partial charge in [-0.3, -0.25) is 4.90 Å². The summed E-state index contributed by atoms with van der Waals surface area (Å²) in [6, 6.07) is 0. The lowest BCUT2D eigenvalue weighted by molar-refractivity contribution is 0.162. The Morgan fingerprint density at radius 3 is 2.27 bits per heavy atom. The summed E-state index contributed by atoms with van der Waals surface area (Å²) in [7, 11) is 0.519. The summed E-state index contributed by atoms with van der Waals surface area (Å²) in [5.74, 6) is 0.610. The molecule has 1 heterocycles. The monoisotopic (exact) mass is 233 g/mol. The van der Waals surface area contributed by atoms with Crippen LogP contribution in [0.1, 0.15) is 13.8 Å². The number of hydrogen-bond acceptors (Lipinski definition) is 3. The number of amidine groups is 1. The zero-order chi connectivity index (χ0) is 11.9. The lowest BCUT2D eigenvalue weighted by Crippen LogP contribution is -2.60. The molecule has 1 rings (SSSR count). The van der Waals surface area contributed by atoms with E-state index in [4.69, 9.17) is 0 Å². The Kier molecular flexibility index (Phi) is 3.11. The molecule has 6 heteroatoms. The number of hydrogen-bond donors (Lipinski definition) is 0. The highest BCUT2D eigenvalue weighted by molar-refractivity contribution is 7.89. The Bertz CT molecular complexity index is 373. The van der Waals surface area contributed by atoms with E-state index in [1.54, 1.807) is 0 Å². The zero-order valence-corrected chi connectivity index (χ0v) is 10.8. The van der Waals surface area contributed by atoms with Gasteiger partial charge < -0.3 is 4.90 Å². The fraction of sp³-hybridized carbons (Fsp3) is 0.889. The molecular weight excluding hydrogens is 214 g/mol. The molecule has 0 radical (unpaired) electrons. The zero-order valence-electron chi connectivity index (χ0n) is 9.98. The topological polar surface area (TPSA) is 53.0 Å². The molecular formula is C9H19N3O2S. The van der Waals surface area contributed by atoms with Gasteiger partial charge in [0.15, 0.2) is 0 Å². The quantitative estimate of drug-likeness (QED) is 0.640. The van der Waals surface area contributed by atoms with Crippen LogP contribution in [0.25, 0.3) is 0 Å². The predicted octanol–water partition coefficient (Wildman–Crippen LogP) is 0.000300. The van der Waals surface area contributed by atoms with Crippen LogP contribution >= 0.6 is 0 Å². The Hall–Kier alpha value is -0.620. The molecule has 0 N–H and O–H groups in total. The largest absolute Gasteiger partial charge is 0.360 e. The highest BCUT2D eigenvalue weighted by atomic mass is 32.2. The normalized spacial score (nSPS) is 25.9. The molecule has 0 bridgehead atoms. The van der Waals surface area contributed by atoms with E-state index < -0.39 is 10.0 Å². The SMILES string of the molecule is CN1CCN(C)C(C)(C)C1=NS(C)(=O)=O. The number of piperazine rings is 1. The van der Waals surface area contributed by atoms with Crippen LogP contribution < -0.4 is 0 Å². The summed E-state index contributed by atoms with van der Waals surface area (Å²) in [6.07, 6.45) is 1.12. The highest BCUT2D eigenvalue weighted by Crippen LogP contribution is 2.21. The molecule has 0 aromatic carbocycles. The van der Waals surface area contributed by atoms with Crippen LogP contribution in [0.2, 0.25) is 0 Å². The second-order valence-corrected chi connectivity index (χ2v) is 6.20. The lowest BCUT2D eigenvalue weighted by Gasteiger charge is -2.45. The van der Waals surface area contributed by atoms with Crippen LogP contribution in [-0.2, 0) is 10.0 Å². The maximum atomic E-state index is 11.2. The molecule has 1 aliphatic rings. The molecule has 1 saturated heterocycles. The number of rotatable bonds is 1. The Labute approximate surface area is 91.8 Å². The van der Waals surface area contributed by atoms with Crippen LogP contribution in [0, 0.1) is 0 Å². The molecule has 0 aromatic heterocycles. The molecule has 0 spiro atoms. The van der Waals surface area contributed by atoms with E-state index in [0.29, 0.717) is 5.84 Å². The van der Waals surface area contributed by atoms with Crippen LogP contribution in [0.4, 0.5) is 0 Å². The van der Waals surface area contributed by atoms with E-state index in [1.165, 1.54) is 0 Å². The maximum Gasteiger partial charge on any atom is 0.251 e. The highest BCUT2D eigenvalue weighted by Gasteiger charge is 2.37. The van der Waals surface area contributed by atoms with E-state index in [2.05, 4.69) is 9.30 Å². The molecule has 0 saturated carbocycles. The second-order valence-electron chi connectivity index (χ2n) is 4.55. The first-order chi connectivity index (χ1) is 6.64. The van der Waals surface area contributed by atoms with Gasteiger partial charge in [-0.05, 0) is 20.9 Å². The van der Waals surface area contributed by atoms with Gasteiger partial charge in [0.2, 0.25) is 0 Å². The molecule has 15 heavy (non-hydrogen) atoms. The summed E-state index contributed by atoms with van der Waals surface area (Å²) in [5.41, 5.74) is -0.337. The molecule has 0 aromatic rings. The van der Waals surface area contributed by atoms with Crippen LogP contribution in [-0.4, -0.2) is 63.0 Å². The number of nitrogens with zero attached hydrogens (tertiary/aromatic N) is 3. The van der Waals surface area contributed by atoms with Gasteiger partial charge in [-0.1, -0.05) is 0 Å². The van der Waals surface area contributed by atoms with E-state index in [1.807, 2.05) is 32.8 Å².